The minimum Gasteiger partial charge on any atom is -0.460 e. The predicted octanol–water partition coefficient (Wildman–Crippen LogP) is 2.74. The molecule has 1 aliphatic rings. The average Bonchev–Trinajstić information content (AvgIpc) is 2.66. The Morgan fingerprint density at radius 1 is 1.07 bits per heavy atom. The van der Waals surface area contributed by atoms with Crippen LogP contribution in [0.15, 0.2) is 0 Å². The highest BCUT2D eigenvalue weighted by atomic mass is 16.6. The molecule has 0 aromatic heterocycles. The van der Waals surface area contributed by atoms with Crippen LogP contribution in [0.25, 0.3) is 0 Å². The van der Waals surface area contributed by atoms with Crippen molar-refractivity contribution in [2.24, 2.45) is 17.6 Å². The van der Waals surface area contributed by atoms with Crippen LogP contribution < -0.4 is 5.73 Å². The maximum Gasteiger partial charge on any atom is 0.327 e. The Hall–Kier alpha value is -1.63. The van der Waals surface area contributed by atoms with Crippen molar-refractivity contribution in [2.45, 2.75) is 97.5 Å². The van der Waals surface area contributed by atoms with Gasteiger partial charge in [0.05, 0.1) is 11.8 Å². The zero-order valence-corrected chi connectivity index (χ0v) is 17.2. The van der Waals surface area contributed by atoms with Gasteiger partial charge in [-0.3, -0.25) is 14.4 Å². The number of carbonyl (C=O) groups excluding carboxylic acids is 3. The minimum atomic E-state index is -1.07. The molecule has 7 heteroatoms. The number of hydrogen-bond donors (Lipinski definition) is 1. The van der Waals surface area contributed by atoms with Crippen LogP contribution in [0, 0.1) is 11.8 Å². The largest absolute Gasteiger partial charge is 0.460 e. The molecular formula is C20H35NO6. The van der Waals surface area contributed by atoms with Crippen LogP contribution in [0.2, 0.25) is 0 Å². The fraction of sp³-hybridized carbons (Fsp3) is 0.850. The van der Waals surface area contributed by atoms with Gasteiger partial charge < -0.3 is 19.9 Å². The molecule has 27 heavy (non-hydrogen) atoms. The van der Waals surface area contributed by atoms with Gasteiger partial charge in [0, 0.05) is 0 Å². The number of esters is 3. The fourth-order valence-electron chi connectivity index (χ4n) is 2.99. The first-order chi connectivity index (χ1) is 12.7. The number of nitrogens with two attached hydrogens (primary N) is 1. The summed E-state index contributed by atoms with van der Waals surface area (Å²) in [4.78, 5) is 37.4. The minimum absolute atomic E-state index is 0.307. The molecule has 0 radical (unpaired) electrons. The number of unbranched alkanes of at least 4 members (excludes halogenated alkanes) is 3. The van der Waals surface area contributed by atoms with Crippen molar-refractivity contribution in [2.75, 3.05) is 0 Å². The summed E-state index contributed by atoms with van der Waals surface area (Å²) in [6, 6.07) is -1.07. The SMILES string of the molecule is CCCCCC[C@H]1C(=O)O[C@H](C)[C@H](N)C(=O)O[C@@H](C)[C@@H]1OC(=O)C(C)CC. The zero-order chi connectivity index (χ0) is 20.6. The van der Waals surface area contributed by atoms with E-state index in [9.17, 15) is 14.4 Å². The fourth-order valence-corrected chi connectivity index (χ4v) is 2.99. The Kier molecular flexibility index (Phi) is 9.77. The Morgan fingerprint density at radius 3 is 2.30 bits per heavy atom. The van der Waals surface area contributed by atoms with Crippen molar-refractivity contribution in [1.29, 1.82) is 0 Å². The van der Waals surface area contributed by atoms with Gasteiger partial charge in [-0.2, -0.15) is 0 Å². The highest BCUT2D eigenvalue weighted by molar-refractivity contribution is 5.80. The topological polar surface area (TPSA) is 105 Å². The first-order valence-electron chi connectivity index (χ1n) is 10.1. The molecule has 7 nitrogen and oxygen atoms in total. The average molecular weight is 386 g/mol. The third-order valence-corrected chi connectivity index (χ3v) is 5.18. The molecule has 1 unspecified atom stereocenters. The van der Waals surface area contributed by atoms with Crippen molar-refractivity contribution in [3.63, 3.8) is 0 Å². The van der Waals surface area contributed by atoms with Crippen molar-refractivity contribution < 1.29 is 28.6 Å². The molecule has 0 saturated carbocycles. The highest BCUT2D eigenvalue weighted by Crippen LogP contribution is 2.27. The van der Waals surface area contributed by atoms with Gasteiger partial charge in [-0.25, -0.2) is 0 Å². The smallest absolute Gasteiger partial charge is 0.327 e. The van der Waals surface area contributed by atoms with E-state index in [-0.39, 0.29) is 5.92 Å². The molecule has 2 N–H and O–H groups in total. The predicted molar refractivity (Wildman–Crippen MR) is 101 cm³/mol. The van der Waals surface area contributed by atoms with E-state index in [0.717, 1.165) is 25.7 Å². The lowest BCUT2D eigenvalue weighted by Crippen LogP contribution is -2.44. The lowest BCUT2D eigenvalue weighted by Gasteiger charge is -2.30. The summed E-state index contributed by atoms with van der Waals surface area (Å²) in [5, 5.41) is 0. The first-order valence-corrected chi connectivity index (χ1v) is 10.1. The van der Waals surface area contributed by atoms with Crippen LogP contribution in [0.1, 0.15) is 73.1 Å². The van der Waals surface area contributed by atoms with Crippen molar-refractivity contribution in [1.82, 2.24) is 0 Å². The molecule has 0 bridgehead atoms. The Bertz CT molecular complexity index is 509. The van der Waals surface area contributed by atoms with Crippen LogP contribution in [0.3, 0.4) is 0 Å². The number of rotatable bonds is 8. The molecular weight excluding hydrogens is 350 g/mol. The van der Waals surface area contributed by atoms with Gasteiger partial charge in [0.2, 0.25) is 0 Å². The maximum atomic E-state index is 12.8. The van der Waals surface area contributed by atoms with Crippen LogP contribution in [-0.2, 0) is 28.6 Å². The molecule has 1 fully saturated rings. The summed E-state index contributed by atoms with van der Waals surface area (Å²) in [7, 11) is 0. The van der Waals surface area contributed by atoms with E-state index in [2.05, 4.69) is 6.92 Å². The van der Waals surface area contributed by atoms with E-state index in [1.165, 1.54) is 0 Å². The monoisotopic (exact) mass is 385 g/mol. The molecule has 1 aliphatic heterocycles. The van der Waals surface area contributed by atoms with E-state index < -0.39 is 48.2 Å². The van der Waals surface area contributed by atoms with Gasteiger partial charge >= 0.3 is 17.9 Å². The second-order valence-electron chi connectivity index (χ2n) is 7.48. The van der Waals surface area contributed by atoms with Gasteiger partial charge in [0.1, 0.15) is 18.2 Å². The summed E-state index contributed by atoms with van der Waals surface area (Å²) in [5.41, 5.74) is 5.83. The number of hydrogen-bond acceptors (Lipinski definition) is 7. The molecule has 156 valence electrons. The van der Waals surface area contributed by atoms with Gasteiger partial charge in [-0.15, -0.1) is 0 Å². The van der Waals surface area contributed by atoms with E-state index in [4.69, 9.17) is 19.9 Å². The number of carbonyl (C=O) groups is 3. The highest BCUT2D eigenvalue weighted by Gasteiger charge is 2.42. The quantitative estimate of drug-likeness (QED) is 0.389. The lowest BCUT2D eigenvalue weighted by molar-refractivity contribution is -0.177. The molecule has 1 saturated heterocycles. The van der Waals surface area contributed by atoms with Crippen molar-refractivity contribution >= 4 is 17.9 Å². The van der Waals surface area contributed by atoms with E-state index in [1.807, 2.05) is 6.92 Å². The Morgan fingerprint density at radius 2 is 1.70 bits per heavy atom. The maximum absolute atomic E-state index is 12.8. The van der Waals surface area contributed by atoms with Gasteiger partial charge in [0.15, 0.2) is 6.10 Å². The van der Waals surface area contributed by atoms with E-state index >= 15 is 0 Å². The summed E-state index contributed by atoms with van der Waals surface area (Å²) < 4.78 is 16.5. The van der Waals surface area contributed by atoms with Crippen LogP contribution in [0.5, 0.6) is 0 Å². The van der Waals surface area contributed by atoms with Crippen molar-refractivity contribution in [3.8, 4) is 0 Å². The summed E-state index contributed by atoms with van der Waals surface area (Å²) >= 11 is 0. The van der Waals surface area contributed by atoms with Gasteiger partial charge in [-0.05, 0) is 26.7 Å². The van der Waals surface area contributed by atoms with Crippen molar-refractivity contribution in [3.05, 3.63) is 0 Å². The molecule has 0 aromatic carbocycles. The van der Waals surface area contributed by atoms with Crippen LogP contribution >= 0.6 is 0 Å². The summed E-state index contributed by atoms with van der Waals surface area (Å²) in [5.74, 6) is -2.57. The second-order valence-corrected chi connectivity index (χ2v) is 7.48. The summed E-state index contributed by atoms with van der Waals surface area (Å²) in [6.45, 7) is 8.95. The number of ether oxygens (including phenoxy) is 3. The second kappa shape index (κ2) is 11.3. The van der Waals surface area contributed by atoms with Gasteiger partial charge in [0.25, 0.3) is 0 Å². The molecule has 1 heterocycles. The number of cyclic esters (lactones) is 2. The standard InChI is InChI=1S/C20H35NO6/c1-6-8-9-10-11-15-17(27-18(22)12(3)7-2)14(5)26-20(24)16(21)13(4)25-19(15)23/h12-17H,6-11,21H2,1-5H3/t12?,13-,14+,15-,16+,17+/m1/s1. The Labute approximate surface area is 162 Å². The normalized spacial score (nSPS) is 30.4. The molecule has 0 aromatic rings. The first kappa shape index (κ1) is 23.4. The molecule has 6 atom stereocenters. The van der Waals surface area contributed by atoms with E-state index in [1.54, 1.807) is 20.8 Å². The molecule has 1 rings (SSSR count). The van der Waals surface area contributed by atoms with E-state index in [0.29, 0.717) is 12.8 Å². The molecule has 0 spiro atoms. The molecule has 0 aliphatic carbocycles. The zero-order valence-electron chi connectivity index (χ0n) is 17.2. The third-order valence-electron chi connectivity index (χ3n) is 5.18. The lowest BCUT2D eigenvalue weighted by atomic mass is 9.91. The molecule has 0 amide bonds. The van der Waals surface area contributed by atoms with Gasteiger partial charge in [-0.1, -0.05) is 46.5 Å². The summed E-state index contributed by atoms with van der Waals surface area (Å²) in [6.07, 6.45) is 2.54. The third kappa shape index (κ3) is 6.79. The van der Waals surface area contributed by atoms with Crippen LogP contribution in [-0.4, -0.2) is 42.3 Å². The van der Waals surface area contributed by atoms with Crippen LogP contribution in [0.4, 0.5) is 0 Å². The Balaban J connectivity index is 3.09.